The highest BCUT2D eigenvalue weighted by Crippen LogP contribution is 2.26. The highest BCUT2D eigenvalue weighted by molar-refractivity contribution is 4.89. The molecule has 2 unspecified atom stereocenters. The summed E-state index contributed by atoms with van der Waals surface area (Å²) in [5.41, 5.74) is 0.421. The second-order valence-corrected chi connectivity index (χ2v) is 7.62. The van der Waals surface area contributed by atoms with E-state index in [0.717, 1.165) is 12.6 Å². The first kappa shape index (κ1) is 16.3. The van der Waals surface area contributed by atoms with Gasteiger partial charge in [-0.3, -0.25) is 4.90 Å². The molecule has 118 valence electrons. The lowest BCUT2D eigenvalue weighted by atomic mass is 9.86. The summed E-state index contributed by atoms with van der Waals surface area (Å²) >= 11 is 0. The monoisotopic (exact) mass is 281 g/mol. The third-order valence-corrected chi connectivity index (χ3v) is 5.30. The summed E-state index contributed by atoms with van der Waals surface area (Å²) in [5.74, 6) is 0. The van der Waals surface area contributed by atoms with E-state index in [1.54, 1.807) is 0 Å². The van der Waals surface area contributed by atoms with Gasteiger partial charge in [0.2, 0.25) is 0 Å². The Hall–Kier alpha value is -0.120. The number of hydrogen-bond acceptors (Lipinski definition) is 3. The topological polar surface area (TPSA) is 18.5 Å². The lowest BCUT2D eigenvalue weighted by molar-refractivity contribution is 0.162. The first-order valence-corrected chi connectivity index (χ1v) is 8.72. The SMILES string of the molecule is CCC(C)(CNC(C)C)CN1CCC(N2CCCC2)C1. The van der Waals surface area contributed by atoms with Crippen LogP contribution >= 0.6 is 0 Å². The molecule has 2 fully saturated rings. The van der Waals surface area contributed by atoms with E-state index < -0.39 is 0 Å². The first-order valence-electron chi connectivity index (χ1n) is 8.72. The van der Waals surface area contributed by atoms with E-state index in [2.05, 4.69) is 42.8 Å². The average molecular weight is 281 g/mol. The molecule has 2 atom stereocenters. The molecule has 1 N–H and O–H groups in total. The second kappa shape index (κ2) is 7.24. The van der Waals surface area contributed by atoms with E-state index in [4.69, 9.17) is 0 Å². The van der Waals surface area contributed by atoms with Crippen molar-refractivity contribution in [2.45, 2.75) is 65.5 Å². The molecule has 2 aliphatic heterocycles. The van der Waals surface area contributed by atoms with Crippen LogP contribution in [0.2, 0.25) is 0 Å². The molecule has 3 heteroatoms. The Bertz CT molecular complexity index is 286. The molecule has 0 spiro atoms. The van der Waals surface area contributed by atoms with Crippen molar-refractivity contribution in [2.75, 3.05) is 39.3 Å². The third-order valence-electron chi connectivity index (χ3n) is 5.30. The predicted octanol–water partition coefficient (Wildman–Crippen LogP) is 2.57. The molecule has 0 bridgehead atoms. The molecule has 2 heterocycles. The van der Waals surface area contributed by atoms with Gasteiger partial charge in [0, 0.05) is 31.7 Å². The molecule has 20 heavy (non-hydrogen) atoms. The normalized spacial score (nSPS) is 28.4. The van der Waals surface area contributed by atoms with E-state index in [9.17, 15) is 0 Å². The zero-order valence-corrected chi connectivity index (χ0v) is 14.1. The van der Waals surface area contributed by atoms with Gasteiger partial charge in [0.15, 0.2) is 0 Å². The van der Waals surface area contributed by atoms with Crippen molar-refractivity contribution >= 4 is 0 Å². The summed E-state index contributed by atoms with van der Waals surface area (Å²) in [6, 6.07) is 1.44. The smallest absolute Gasteiger partial charge is 0.0235 e. The van der Waals surface area contributed by atoms with Crippen LogP contribution in [0.4, 0.5) is 0 Å². The van der Waals surface area contributed by atoms with Crippen LogP contribution in [0.1, 0.15) is 53.4 Å². The molecular weight excluding hydrogens is 246 g/mol. The van der Waals surface area contributed by atoms with E-state index in [1.807, 2.05) is 0 Å². The Morgan fingerprint density at radius 1 is 1.20 bits per heavy atom. The zero-order valence-electron chi connectivity index (χ0n) is 14.1. The molecule has 2 saturated heterocycles. The lowest BCUT2D eigenvalue weighted by Crippen LogP contribution is -2.44. The van der Waals surface area contributed by atoms with Crippen molar-refractivity contribution in [1.29, 1.82) is 0 Å². The molecule has 0 aromatic heterocycles. The number of likely N-dealkylation sites (tertiary alicyclic amines) is 2. The predicted molar refractivity (Wildman–Crippen MR) is 87.2 cm³/mol. The molecule has 3 nitrogen and oxygen atoms in total. The molecule has 2 rings (SSSR count). The number of nitrogens with zero attached hydrogens (tertiary/aromatic N) is 2. The minimum atomic E-state index is 0.421. The van der Waals surface area contributed by atoms with E-state index in [1.165, 1.54) is 58.4 Å². The van der Waals surface area contributed by atoms with Crippen LogP contribution < -0.4 is 5.32 Å². The third kappa shape index (κ3) is 4.44. The summed E-state index contributed by atoms with van der Waals surface area (Å²) in [6.45, 7) is 17.0. The summed E-state index contributed by atoms with van der Waals surface area (Å²) in [6.07, 6.45) is 5.48. The maximum absolute atomic E-state index is 3.64. The summed E-state index contributed by atoms with van der Waals surface area (Å²) < 4.78 is 0. The van der Waals surface area contributed by atoms with E-state index >= 15 is 0 Å². The van der Waals surface area contributed by atoms with Crippen molar-refractivity contribution < 1.29 is 0 Å². The van der Waals surface area contributed by atoms with Crippen LogP contribution in [0, 0.1) is 5.41 Å². The van der Waals surface area contributed by atoms with Crippen LogP contribution in [0.15, 0.2) is 0 Å². The highest BCUT2D eigenvalue weighted by Gasteiger charge is 2.33. The van der Waals surface area contributed by atoms with Crippen molar-refractivity contribution in [3.05, 3.63) is 0 Å². The summed E-state index contributed by atoms with van der Waals surface area (Å²) in [7, 11) is 0. The lowest BCUT2D eigenvalue weighted by Gasteiger charge is -2.34. The first-order chi connectivity index (χ1) is 9.52. The fourth-order valence-electron chi connectivity index (χ4n) is 3.64. The van der Waals surface area contributed by atoms with Gasteiger partial charge >= 0.3 is 0 Å². The van der Waals surface area contributed by atoms with Crippen LogP contribution in [-0.4, -0.2) is 61.2 Å². The van der Waals surface area contributed by atoms with Crippen LogP contribution in [-0.2, 0) is 0 Å². The average Bonchev–Trinajstić information content (AvgIpc) is 3.06. The fourth-order valence-corrected chi connectivity index (χ4v) is 3.64. The van der Waals surface area contributed by atoms with Gasteiger partial charge in [-0.05, 0) is 50.7 Å². The Morgan fingerprint density at radius 3 is 2.50 bits per heavy atom. The van der Waals surface area contributed by atoms with Gasteiger partial charge in [-0.2, -0.15) is 0 Å². The van der Waals surface area contributed by atoms with Crippen LogP contribution in [0.25, 0.3) is 0 Å². The Kier molecular flexibility index (Phi) is 5.88. The molecule has 0 radical (unpaired) electrons. The van der Waals surface area contributed by atoms with Crippen molar-refractivity contribution in [2.24, 2.45) is 5.41 Å². The minimum absolute atomic E-state index is 0.421. The molecule has 2 aliphatic rings. The van der Waals surface area contributed by atoms with Gasteiger partial charge in [0.1, 0.15) is 0 Å². The summed E-state index contributed by atoms with van der Waals surface area (Å²) in [5, 5.41) is 3.64. The van der Waals surface area contributed by atoms with Gasteiger partial charge in [0.05, 0.1) is 0 Å². The maximum atomic E-state index is 3.64. The number of rotatable bonds is 7. The van der Waals surface area contributed by atoms with Gasteiger partial charge in [-0.1, -0.05) is 27.7 Å². The van der Waals surface area contributed by atoms with Crippen molar-refractivity contribution in [1.82, 2.24) is 15.1 Å². The number of hydrogen-bond donors (Lipinski definition) is 1. The standard InChI is InChI=1S/C17H35N3/c1-5-17(4,13-18-15(2)3)14-19-11-8-16(12-19)20-9-6-7-10-20/h15-16,18H,5-14H2,1-4H3. The van der Waals surface area contributed by atoms with E-state index in [0.29, 0.717) is 11.5 Å². The largest absolute Gasteiger partial charge is 0.314 e. The minimum Gasteiger partial charge on any atom is -0.314 e. The van der Waals surface area contributed by atoms with Gasteiger partial charge in [-0.15, -0.1) is 0 Å². The van der Waals surface area contributed by atoms with Crippen molar-refractivity contribution in [3.8, 4) is 0 Å². The molecule has 0 amide bonds. The van der Waals surface area contributed by atoms with Gasteiger partial charge < -0.3 is 10.2 Å². The molecule has 0 aliphatic carbocycles. The second-order valence-electron chi connectivity index (χ2n) is 7.62. The maximum Gasteiger partial charge on any atom is 0.0235 e. The van der Waals surface area contributed by atoms with Gasteiger partial charge in [-0.25, -0.2) is 0 Å². The Labute approximate surface area is 126 Å². The molecule has 0 aromatic rings. The van der Waals surface area contributed by atoms with Crippen molar-refractivity contribution in [3.63, 3.8) is 0 Å². The van der Waals surface area contributed by atoms with Gasteiger partial charge in [0.25, 0.3) is 0 Å². The van der Waals surface area contributed by atoms with E-state index in [-0.39, 0.29) is 0 Å². The van der Waals surface area contributed by atoms with Crippen LogP contribution in [0.5, 0.6) is 0 Å². The quantitative estimate of drug-likeness (QED) is 0.774. The van der Waals surface area contributed by atoms with Crippen LogP contribution in [0.3, 0.4) is 0 Å². The zero-order chi connectivity index (χ0) is 14.6. The summed E-state index contributed by atoms with van der Waals surface area (Å²) in [4.78, 5) is 5.45. The Balaban J connectivity index is 1.79. The molecule has 0 saturated carbocycles. The fraction of sp³-hybridized carbons (Fsp3) is 1.00. The number of nitrogens with one attached hydrogen (secondary N) is 1. The highest BCUT2D eigenvalue weighted by atomic mass is 15.3. The Morgan fingerprint density at radius 2 is 1.90 bits per heavy atom. The molecular formula is C17H35N3. The molecule has 0 aromatic carbocycles.